The molecule has 2 heterocycles. The van der Waals surface area contributed by atoms with Crippen LogP contribution in [0.1, 0.15) is 11.1 Å². The molecule has 1 aromatic carbocycles. The van der Waals surface area contributed by atoms with E-state index in [4.69, 9.17) is 0 Å². The average molecular weight is 325 g/mol. The van der Waals surface area contributed by atoms with Crippen molar-refractivity contribution in [3.8, 4) is 5.82 Å². The summed E-state index contributed by atoms with van der Waals surface area (Å²) in [5.41, 5.74) is 1.71. The lowest BCUT2D eigenvalue weighted by atomic mass is 10.2. The zero-order valence-corrected chi connectivity index (χ0v) is 12.8. The smallest absolute Gasteiger partial charge is 0.315 e. The number of pyridine rings is 1. The summed E-state index contributed by atoms with van der Waals surface area (Å²) in [5, 5.41) is 9.56. The first-order chi connectivity index (χ1) is 11.7. The third-order valence-electron chi connectivity index (χ3n) is 3.37. The SMILES string of the molecule is O=C(NCc1ccc(F)cc1)NCc1ccc(-n2cccn2)nc1. The molecule has 2 aromatic heterocycles. The van der Waals surface area contributed by atoms with Crippen molar-refractivity contribution in [3.05, 3.63) is 78.0 Å². The Hall–Kier alpha value is -3.22. The minimum atomic E-state index is -0.297. The van der Waals surface area contributed by atoms with E-state index in [9.17, 15) is 9.18 Å². The Morgan fingerprint density at radius 1 is 1.04 bits per heavy atom. The lowest BCUT2D eigenvalue weighted by Gasteiger charge is -2.08. The summed E-state index contributed by atoms with van der Waals surface area (Å²) in [6.07, 6.45) is 5.18. The van der Waals surface area contributed by atoms with Crippen LogP contribution in [0.2, 0.25) is 0 Å². The molecule has 24 heavy (non-hydrogen) atoms. The van der Waals surface area contributed by atoms with Crippen LogP contribution in [0.3, 0.4) is 0 Å². The number of carbonyl (C=O) groups is 1. The number of carbonyl (C=O) groups excluding carboxylic acids is 1. The van der Waals surface area contributed by atoms with Gasteiger partial charge in [-0.05, 0) is 35.4 Å². The molecule has 0 saturated carbocycles. The van der Waals surface area contributed by atoms with Crippen molar-refractivity contribution in [1.29, 1.82) is 0 Å². The number of amides is 2. The maximum atomic E-state index is 12.8. The summed E-state index contributed by atoms with van der Waals surface area (Å²) in [6, 6.07) is 11.2. The highest BCUT2D eigenvalue weighted by molar-refractivity contribution is 5.73. The van der Waals surface area contributed by atoms with Gasteiger partial charge in [0.25, 0.3) is 0 Å². The quantitative estimate of drug-likeness (QED) is 0.757. The van der Waals surface area contributed by atoms with E-state index in [1.54, 1.807) is 29.2 Å². The van der Waals surface area contributed by atoms with Crippen LogP contribution in [0.5, 0.6) is 0 Å². The number of aromatic nitrogens is 3. The summed E-state index contributed by atoms with van der Waals surface area (Å²) < 4.78 is 14.5. The molecule has 6 nitrogen and oxygen atoms in total. The van der Waals surface area contributed by atoms with Gasteiger partial charge in [-0.3, -0.25) is 0 Å². The second-order valence-corrected chi connectivity index (χ2v) is 5.14. The fraction of sp³-hybridized carbons (Fsp3) is 0.118. The number of hydrogen-bond donors (Lipinski definition) is 2. The Labute approximate surface area is 138 Å². The molecule has 0 aliphatic rings. The highest BCUT2D eigenvalue weighted by atomic mass is 19.1. The molecule has 0 bridgehead atoms. The molecule has 0 aliphatic heterocycles. The molecule has 2 N–H and O–H groups in total. The Balaban J connectivity index is 1.46. The van der Waals surface area contributed by atoms with E-state index in [-0.39, 0.29) is 11.8 Å². The Morgan fingerprint density at radius 3 is 2.38 bits per heavy atom. The molecule has 0 atom stereocenters. The van der Waals surface area contributed by atoms with Gasteiger partial charge in [0.05, 0.1) is 0 Å². The van der Waals surface area contributed by atoms with Crippen LogP contribution in [-0.2, 0) is 13.1 Å². The zero-order chi connectivity index (χ0) is 16.8. The molecule has 0 saturated heterocycles. The lowest BCUT2D eigenvalue weighted by Crippen LogP contribution is -2.34. The first-order valence-corrected chi connectivity index (χ1v) is 7.42. The second kappa shape index (κ2) is 7.36. The molecule has 2 amide bonds. The van der Waals surface area contributed by atoms with Crippen LogP contribution in [0.15, 0.2) is 61.1 Å². The molecule has 3 rings (SSSR count). The zero-order valence-electron chi connectivity index (χ0n) is 12.8. The van der Waals surface area contributed by atoms with Crippen molar-refractivity contribution in [2.45, 2.75) is 13.1 Å². The summed E-state index contributed by atoms with van der Waals surface area (Å²) in [5.74, 6) is 0.416. The molecule has 0 unspecified atom stereocenters. The van der Waals surface area contributed by atoms with Gasteiger partial charge in [0.1, 0.15) is 5.82 Å². The maximum absolute atomic E-state index is 12.8. The molecular weight excluding hydrogens is 309 g/mol. The molecular formula is C17H16FN5O. The van der Waals surface area contributed by atoms with Gasteiger partial charge in [-0.2, -0.15) is 5.10 Å². The minimum absolute atomic E-state index is 0.296. The molecule has 0 aliphatic carbocycles. The number of hydrogen-bond acceptors (Lipinski definition) is 3. The normalized spacial score (nSPS) is 10.4. The first kappa shape index (κ1) is 15.7. The number of nitrogens with zero attached hydrogens (tertiary/aromatic N) is 3. The highest BCUT2D eigenvalue weighted by Crippen LogP contribution is 2.05. The predicted molar refractivity (Wildman–Crippen MR) is 86.8 cm³/mol. The highest BCUT2D eigenvalue weighted by Gasteiger charge is 2.03. The van der Waals surface area contributed by atoms with Crippen molar-refractivity contribution in [3.63, 3.8) is 0 Å². The van der Waals surface area contributed by atoms with Gasteiger partial charge in [0.2, 0.25) is 0 Å². The van der Waals surface area contributed by atoms with Crippen LogP contribution in [0.25, 0.3) is 5.82 Å². The summed E-state index contributed by atoms with van der Waals surface area (Å²) in [7, 11) is 0. The van der Waals surface area contributed by atoms with Gasteiger partial charge < -0.3 is 10.6 Å². The molecule has 0 spiro atoms. The monoisotopic (exact) mass is 325 g/mol. The first-order valence-electron chi connectivity index (χ1n) is 7.42. The van der Waals surface area contributed by atoms with Gasteiger partial charge in [-0.15, -0.1) is 0 Å². The Morgan fingerprint density at radius 2 is 1.75 bits per heavy atom. The van der Waals surface area contributed by atoms with Crippen LogP contribution in [-0.4, -0.2) is 20.8 Å². The average Bonchev–Trinajstić information content (AvgIpc) is 3.14. The van der Waals surface area contributed by atoms with E-state index < -0.39 is 0 Å². The summed E-state index contributed by atoms with van der Waals surface area (Å²) in [4.78, 5) is 16.1. The van der Waals surface area contributed by atoms with Crippen LogP contribution in [0.4, 0.5) is 9.18 Å². The van der Waals surface area contributed by atoms with E-state index in [2.05, 4.69) is 20.7 Å². The largest absolute Gasteiger partial charge is 0.334 e. The lowest BCUT2D eigenvalue weighted by molar-refractivity contribution is 0.240. The third-order valence-corrected chi connectivity index (χ3v) is 3.37. The fourth-order valence-electron chi connectivity index (χ4n) is 2.09. The van der Waals surface area contributed by atoms with Crippen molar-refractivity contribution in [2.24, 2.45) is 0 Å². The molecule has 122 valence electrons. The maximum Gasteiger partial charge on any atom is 0.315 e. The fourth-order valence-corrected chi connectivity index (χ4v) is 2.09. The molecule has 7 heteroatoms. The predicted octanol–water partition coefficient (Wildman–Crippen LogP) is 2.41. The van der Waals surface area contributed by atoms with Gasteiger partial charge in [-0.25, -0.2) is 18.9 Å². The standard InChI is InChI=1S/C17H16FN5O/c18-15-5-2-13(3-6-15)10-20-17(24)21-12-14-4-7-16(19-11-14)23-9-1-8-22-23/h1-9,11H,10,12H2,(H2,20,21,24). The van der Waals surface area contributed by atoms with Crippen molar-refractivity contribution in [2.75, 3.05) is 0 Å². The number of nitrogens with one attached hydrogen (secondary N) is 2. The van der Waals surface area contributed by atoms with Crippen LogP contribution in [0, 0.1) is 5.82 Å². The summed E-state index contributed by atoms with van der Waals surface area (Å²) in [6.45, 7) is 0.699. The molecule has 0 fully saturated rings. The molecule has 0 radical (unpaired) electrons. The van der Waals surface area contributed by atoms with Crippen molar-refractivity contribution >= 4 is 6.03 Å². The van der Waals surface area contributed by atoms with E-state index in [1.807, 2.05) is 24.4 Å². The van der Waals surface area contributed by atoms with Gasteiger partial charge in [0, 0.05) is 31.7 Å². The van der Waals surface area contributed by atoms with Crippen LogP contribution < -0.4 is 10.6 Å². The minimum Gasteiger partial charge on any atom is -0.334 e. The number of rotatable bonds is 5. The van der Waals surface area contributed by atoms with Gasteiger partial charge >= 0.3 is 6.03 Å². The topological polar surface area (TPSA) is 71.8 Å². The number of benzene rings is 1. The van der Waals surface area contributed by atoms with Gasteiger partial charge in [0.15, 0.2) is 5.82 Å². The van der Waals surface area contributed by atoms with E-state index in [1.165, 1.54) is 12.1 Å². The van der Waals surface area contributed by atoms with E-state index in [0.29, 0.717) is 18.9 Å². The second-order valence-electron chi connectivity index (χ2n) is 5.14. The van der Waals surface area contributed by atoms with E-state index >= 15 is 0 Å². The Kier molecular flexibility index (Phi) is 4.81. The van der Waals surface area contributed by atoms with Crippen molar-refractivity contribution in [1.82, 2.24) is 25.4 Å². The summed E-state index contributed by atoms with van der Waals surface area (Å²) >= 11 is 0. The third kappa shape index (κ3) is 4.16. The van der Waals surface area contributed by atoms with Gasteiger partial charge in [-0.1, -0.05) is 18.2 Å². The van der Waals surface area contributed by atoms with Crippen molar-refractivity contribution < 1.29 is 9.18 Å². The van der Waals surface area contributed by atoms with Crippen LogP contribution >= 0.6 is 0 Å². The molecule has 3 aromatic rings. The Bertz CT molecular complexity index is 785. The number of halogens is 1. The number of urea groups is 1. The van der Waals surface area contributed by atoms with E-state index in [0.717, 1.165) is 11.1 Å².